The summed E-state index contributed by atoms with van der Waals surface area (Å²) in [5.74, 6) is 2.73. The van der Waals surface area contributed by atoms with Crippen molar-refractivity contribution in [2.24, 2.45) is 5.92 Å². The van der Waals surface area contributed by atoms with Crippen molar-refractivity contribution in [1.29, 1.82) is 0 Å². The third-order valence-electron chi connectivity index (χ3n) is 5.98. The van der Waals surface area contributed by atoms with E-state index in [0.717, 1.165) is 35.5 Å². The minimum absolute atomic E-state index is 0.00555. The highest BCUT2D eigenvalue weighted by Crippen LogP contribution is 2.21. The smallest absolute Gasteiger partial charge is 0.272 e. The fourth-order valence-corrected chi connectivity index (χ4v) is 4.92. The lowest BCUT2D eigenvalue weighted by molar-refractivity contribution is -0.121. The van der Waals surface area contributed by atoms with Crippen LogP contribution in [0.25, 0.3) is 16.0 Å². The lowest BCUT2D eigenvalue weighted by Gasteiger charge is -2.11. The molecule has 0 saturated carbocycles. The van der Waals surface area contributed by atoms with Crippen LogP contribution in [0, 0.1) is 5.92 Å². The number of nitrogens with zero attached hydrogens (tertiary/aromatic N) is 4. The largest absolute Gasteiger partial charge is 0.494 e. The number of benzene rings is 1. The van der Waals surface area contributed by atoms with E-state index in [1.807, 2.05) is 47.0 Å². The minimum Gasteiger partial charge on any atom is -0.494 e. The highest BCUT2D eigenvalue weighted by molar-refractivity contribution is 7.17. The zero-order valence-corrected chi connectivity index (χ0v) is 21.4. The fourth-order valence-electron chi connectivity index (χ4n) is 4.09. The molecule has 1 amide bonds. The quantitative estimate of drug-likeness (QED) is 0.318. The Morgan fingerprint density at radius 2 is 1.94 bits per heavy atom. The summed E-state index contributed by atoms with van der Waals surface area (Å²) in [7, 11) is 0. The average Bonchev–Trinajstić information content (AvgIpc) is 3.48. The summed E-state index contributed by atoms with van der Waals surface area (Å²) in [5.41, 5.74) is 2.00. The molecular formula is C26H33N5O3S. The number of thiophene rings is 1. The maximum absolute atomic E-state index is 13.0. The maximum atomic E-state index is 13.0. The molecule has 0 aliphatic rings. The van der Waals surface area contributed by atoms with Gasteiger partial charge in [-0.25, -0.2) is 0 Å². The molecule has 0 saturated heterocycles. The molecule has 8 nitrogen and oxygen atoms in total. The van der Waals surface area contributed by atoms with E-state index in [-0.39, 0.29) is 11.5 Å². The molecule has 0 radical (unpaired) electrons. The third-order valence-corrected chi connectivity index (χ3v) is 6.88. The Morgan fingerprint density at radius 1 is 1.14 bits per heavy atom. The van der Waals surface area contributed by atoms with Gasteiger partial charge < -0.3 is 10.1 Å². The van der Waals surface area contributed by atoms with E-state index in [2.05, 4.69) is 29.4 Å². The van der Waals surface area contributed by atoms with E-state index in [1.54, 1.807) is 4.57 Å². The van der Waals surface area contributed by atoms with Crippen molar-refractivity contribution in [3.05, 3.63) is 57.5 Å². The molecule has 9 heteroatoms. The number of aryl methyl sites for hydroxylation is 2. The SMILES string of the molecule is CCOc1ccc(CCNC(=O)CCCc2nnc3n(CCC(C)C)c(=O)c4sccc4n23)cc1. The van der Waals surface area contributed by atoms with Gasteiger partial charge in [-0.3, -0.25) is 18.6 Å². The number of amides is 1. The second-order valence-corrected chi connectivity index (χ2v) is 9.97. The molecule has 1 N–H and O–H groups in total. The molecule has 3 aromatic heterocycles. The second-order valence-electron chi connectivity index (χ2n) is 9.06. The Kier molecular flexibility index (Phi) is 8.17. The van der Waals surface area contributed by atoms with Gasteiger partial charge in [0.2, 0.25) is 11.7 Å². The van der Waals surface area contributed by atoms with Gasteiger partial charge in [0.15, 0.2) is 0 Å². The van der Waals surface area contributed by atoms with E-state index in [1.165, 1.54) is 11.3 Å². The molecule has 0 bridgehead atoms. The Bertz CT molecular complexity index is 1340. The van der Waals surface area contributed by atoms with Gasteiger partial charge in [-0.15, -0.1) is 21.5 Å². The van der Waals surface area contributed by atoms with Crippen LogP contribution in [0.5, 0.6) is 5.75 Å². The normalized spacial score (nSPS) is 11.5. The molecule has 1 aromatic carbocycles. The summed E-state index contributed by atoms with van der Waals surface area (Å²) in [5, 5.41) is 13.7. The number of fused-ring (bicyclic) bond motifs is 3. The molecule has 35 heavy (non-hydrogen) atoms. The molecule has 4 aromatic rings. The monoisotopic (exact) mass is 495 g/mol. The van der Waals surface area contributed by atoms with Gasteiger partial charge in [-0.1, -0.05) is 26.0 Å². The predicted molar refractivity (Wildman–Crippen MR) is 139 cm³/mol. The van der Waals surface area contributed by atoms with Crippen molar-refractivity contribution in [3.8, 4) is 5.75 Å². The van der Waals surface area contributed by atoms with Crippen molar-refractivity contribution in [1.82, 2.24) is 24.5 Å². The van der Waals surface area contributed by atoms with Crippen molar-refractivity contribution in [2.45, 2.75) is 59.4 Å². The molecule has 3 heterocycles. The molecular weight excluding hydrogens is 462 g/mol. The number of hydrogen-bond donors (Lipinski definition) is 1. The lowest BCUT2D eigenvalue weighted by Crippen LogP contribution is -2.25. The summed E-state index contributed by atoms with van der Waals surface area (Å²) in [6.07, 6.45) is 3.35. The maximum Gasteiger partial charge on any atom is 0.272 e. The van der Waals surface area contributed by atoms with Crippen molar-refractivity contribution >= 4 is 33.2 Å². The van der Waals surface area contributed by atoms with Gasteiger partial charge in [0.25, 0.3) is 5.56 Å². The van der Waals surface area contributed by atoms with Crippen LogP contribution in [0.1, 0.15) is 51.4 Å². The highest BCUT2D eigenvalue weighted by atomic mass is 32.1. The molecule has 0 fully saturated rings. The molecule has 186 valence electrons. The topological polar surface area (TPSA) is 90.5 Å². The summed E-state index contributed by atoms with van der Waals surface area (Å²) in [6, 6.07) is 9.91. The Balaban J connectivity index is 1.35. The van der Waals surface area contributed by atoms with Crippen LogP contribution in [0.3, 0.4) is 0 Å². The van der Waals surface area contributed by atoms with E-state index >= 15 is 0 Å². The van der Waals surface area contributed by atoms with E-state index in [4.69, 9.17) is 4.74 Å². The zero-order chi connectivity index (χ0) is 24.8. The van der Waals surface area contributed by atoms with Crippen LogP contribution in [-0.4, -0.2) is 38.2 Å². The third kappa shape index (κ3) is 5.90. The van der Waals surface area contributed by atoms with Crippen LogP contribution in [0.15, 0.2) is 40.5 Å². The first-order valence-electron chi connectivity index (χ1n) is 12.3. The number of carbonyl (C=O) groups is 1. The number of rotatable bonds is 12. The van der Waals surface area contributed by atoms with Crippen LogP contribution < -0.4 is 15.6 Å². The first kappa shape index (κ1) is 24.9. The van der Waals surface area contributed by atoms with Gasteiger partial charge in [0, 0.05) is 25.9 Å². The van der Waals surface area contributed by atoms with E-state index < -0.39 is 0 Å². The van der Waals surface area contributed by atoms with E-state index in [0.29, 0.717) is 55.4 Å². The average molecular weight is 496 g/mol. The summed E-state index contributed by atoms with van der Waals surface area (Å²) in [4.78, 5) is 25.4. The Morgan fingerprint density at radius 3 is 2.69 bits per heavy atom. The number of ether oxygens (including phenoxy) is 1. The molecule has 0 spiro atoms. The molecule has 0 aliphatic heterocycles. The van der Waals surface area contributed by atoms with Crippen LogP contribution in [0.4, 0.5) is 0 Å². The second kappa shape index (κ2) is 11.5. The number of carbonyl (C=O) groups excluding carboxylic acids is 1. The molecule has 4 rings (SSSR count). The molecule has 0 unspecified atom stereocenters. The number of hydrogen-bond acceptors (Lipinski definition) is 6. The van der Waals surface area contributed by atoms with Crippen molar-refractivity contribution in [2.75, 3.05) is 13.2 Å². The van der Waals surface area contributed by atoms with Crippen molar-refractivity contribution < 1.29 is 9.53 Å². The van der Waals surface area contributed by atoms with E-state index in [9.17, 15) is 9.59 Å². The minimum atomic E-state index is -0.00555. The van der Waals surface area contributed by atoms with Gasteiger partial charge in [-0.2, -0.15) is 0 Å². The van der Waals surface area contributed by atoms with Crippen molar-refractivity contribution in [3.63, 3.8) is 0 Å². The van der Waals surface area contributed by atoms with Gasteiger partial charge >= 0.3 is 0 Å². The highest BCUT2D eigenvalue weighted by Gasteiger charge is 2.17. The molecule has 0 aliphatic carbocycles. The van der Waals surface area contributed by atoms with Gasteiger partial charge in [0.1, 0.15) is 16.3 Å². The zero-order valence-electron chi connectivity index (χ0n) is 20.6. The Hall–Kier alpha value is -3.20. The van der Waals surface area contributed by atoms with Crippen LogP contribution >= 0.6 is 11.3 Å². The van der Waals surface area contributed by atoms with Gasteiger partial charge in [0.05, 0.1) is 12.1 Å². The first-order valence-corrected chi connectivity index (χ1v) is 13.2. The summed E-state index contributed by atoms with van der Waals surface area (Å²) >= 11 is 1.45. The van der Waals surface area contributed by atoms with Crippen LogP contribution in [0.2, 0.25) is 0 Å². The summed E-state index contributed by atoms with van der Waals surface area (Å²) in [6.45, 7) is 8.11. The number of nitrogens with one attached hydrogen (secondary N) is 1. The predicted octanol–water partition coefficient (Wildman–Crippen LogP) is 4.23. The summed E-state index contributed by atoms with van der Waals surface area (Å²) < 4.78 is 9.90. The Labute approximate surface area is 208 Å². The standard InChI is InChI=1S/C26H33N5O3S/c1-4-34-20-10-8-19(9-11-20)12-15-27-23(32)7-5-6-22-28-29-26-30(16-13-18(2)3)25(33)24-21(31(22)26)14-17-35-24/h8-11,14,17-18H,4-7,12-13,15-16H2,1-3H3,(H,27,32). The number of aromatic nitrogens is 4. The first-order chi connectivity index (χ1) is 17.0. The lowest BCUT2D eigenvalue weighted by atomic mass is 10.1. The fraction of sp³-hybridized carbons (Fsp3) is 0.462. The van der Waals surface area contributed by atoms with Crippen LogP contribution in [-0.2, 0) is 24.2 Å². The molecule has 0 atom stereocenters. The van der Waals surface area contributed by atoms with Gasteiger partial charge in [-0.05, 0) is 61.2 Å².